The average molecular weight is 459 g/mol. The van der Waals surface area contributed by atoms with E-state index in [1.54, 1.807) is 18.4 Å². The molecule has 0 aliphatic rings. The zero-order valence-corrected chi connectivity index (χ0v) is 17.8. The fourth-order valence-corrected chi connectivity index (χ4v) is 3.08. The first-order valence-electron chi connectivity index (χ1n) is 7.69. The van der Waals surface area contributed by atoms with Crippen LogP contribution in [0.15, 0.2) is 40.1 Å². The molecule has 0 fully saturated rings. The van der Waals surface area contributed by atoms with E-state index in [2.05, 4.69) is 50.4 Å². The highest BCUT2D eigenvalue weighted by molar-refractivity contribution is 14.0. The Balaban J connectivity index is 0.00000288. The molecule has 2 rings (SSSR count). The molecule has 0 radical (unpaired) electrons. The Hall–Kier alpha value is -1.35. The van der Waals surface area contributed by atoms with Gasteiger partial charge in [-0.1, -0.05) is 13.0 Å². The summed E-state index contributed by atoms with van der Waals surface area (Å²) in [5, 5.41) is 11.1. The van der Waals surface area contributed by atoms with Crippen molar-refractivity contribution in [1.82, 2.24) is 15.6 Å². The molecule has 2 aromatic heterocycles. The maximum absolute atomic E-state index is 4.42. The number of aliphatic imine (C=N–C) groups is 1. The lowest BCUT2D eigenvalue weighted by molar-refractivity contribution is 0.700. The van der Waals surface area contributed by atoms with Gasteiger partial charge in [0.25, 0.3) is 0 Å². The number of nitrogens with one attached hydrogen (secondary N) is 2. The summed E-state index contributed by atoms with van der Waals surface area (Å²) in [6.45, 7) is 3.76. The minimum atomic E-state index is 0. The van der Waals surface area contributed by atoms with Gasteiger partial charge in [-0.05, 0) is 34.4 Å². The van der Waals surface area contributed by atoms with E-state index in [9.17, 15) is 0 Å². The molecule has 0 aromatic carbocycles. The fourth-order valence-electron chi connectivity index (χ4n) is 2.29. The summed E-state index contributed by atoms with van der Waals surface area (Å²) in [6, 6.07) is 6.21. The SMILES string of the molecule is CN=C(NCc1cccnc1N(C)C)NCC(C)c1ccsc1.I. The van der Waals surface area contributed by atoms with Crippen molar-refractivity contribution in [2.45, 2.75) is 19.4 Å². The third kappa shape index (κ3) is 5.94. The molecule has 0 saturated heterocycles. The predicted molar refractivity (Wildman–Crippen MR) is 115 cm³/mol. The summed E-state index contributed by atoms with van der Waals surface area (Å²) in [5.41, 5.74) is 2.51. The summed E-state index contributed by atoms with van der Waals surface area (Å²) >= 11 is 1.73. The van der Waals surface area contributed by atoms with Crippen LogP contribution in [0, 0.1) is 0 Å². The Kier molecular flexibility index (Phi) is 9.05. The third-order valence-electron chi connectivity index (χ3n) is 3.65. The molecule has 0 amide bonds. The first-order chi connectivity index (χ1) is 11.1. The smallest absolute Gasteiger partial charge is 0.191 e. The standard InChI is InChI=1S/C17H25N5S.HI/c1-13(15-7-9-23-12-15)10-20-17(18-2)21-11-14-6-5-8-19-16(14)22(3)4;/h5-9,12-13H,10-11H2,1-4H3,(H2,18,20,21);1H. The van der Waals surface area contributed by atoms with Crippen molar-refractivity contribution in [1.29, 1.82) is 0 Å². The van der Waals surface area contributed by atoms with Crippen molar-refractivity contribution in [3.8, 4) is 0 Å². The number of hydrogen-bond donors (Lipinski definition) is 2. The summed E-state index contributed by atoms with van der Waals surface area (Å²) in [5.74, 6) is 2.23. The van der Waals surface area contributed by atoms with Crippen LogP contribution in [-0.2, 0) is 6.54 Å². The molecule has 2 aromatic rings. The number of guanidine groups is 1. The molecule has 7 heteroatoms. The van der Waals surface area contributed by atoms with Crippen molar-refractivity contribution in [3.05, 3.63) is 46.3 Å². The lowest BCUT2D eigenvalue weighted by Gasteiger charge is -2.18. The van der Waals surface area contributed by atoms with E-state index >= 15 is 0 Å². The largest absolute Gasteiger partial charge is 0.362 e. The average Bonchev–Trinajstić information content (AvgIpc) is 3.09. The van der Waals surface area contributed by atoms with Crippen LogP contribution in [-0.4, -0.2) is 38.6 Å². The second-order valence-electron chi connectivity index (χ2n) is 5.64. The highest BCUT2D eigenvalue weighted by Gasteiger charge is 2.09. The van der Waals surface area contributed by atoms with E-state index in [0.717, 1.165) is 23.9 Å². The third-order valence-corrected chi connectivity index (χ3v) is 4.35. The molecule has 0 bridgehead atoms. The van der Waals surface area contributed by atoms with E-state index in [0.29, 0.717) is 12.5 Å². The Morgan fingerprint density at radius 3 is 2.75 bits per heavy atom. The topological polar surface area (TPSA) is 52.6 Å². The molecule has 0 aliphatic heterocycles. The zero-order valence-electron chi connectivity index (χ0n) is 14.6. The van der Waals surface area contributed by atoms with Gasteiger partial charge in [0, 0.05) is 46.0 Å². The lowest BCUT2D eigenvalue weighted by atomic mass is 10.1. The number of aromatic nitrogens is 1. The first kappa shape index (κ1) is 20.7. The maximum atomic E-state index is 4.42. The Morgan fingerprint density at radius 1 is 1.33 bits per heavy atom. The van der Waals surface area contributed by atoms with Gasteiger partial charge in [-0.15, -0.1) is 24.0 Å². The molecule has 0 aliphatic carbocycles. The number of hydrogen-bond acceptors (Lipinski definition) is 4. The van der Waals surface area contributed by atoms with Gasteiger partial charge in [-0.25, -0.2) is 4.98 Å². The van der Waals surface area contributed by atoms with Crippen LogP contribution < -0.4 is 15.5 Å². The van der Waals surface area contributed by atoms with Crippen LogP contribution >= 0.6 is 35.3 Å². The van der Waals surface area contributed by atoms with Gasteiger partial charge in [0.15, 0.2) is 5.96 Å². The number of rotatable bonds is 6. The van der Waals surface area contributed by atoms with Gasteiger partial charge in [-0.3, -0.25) is 4.99 Å². The van der Waals surface area contributed by atoms with Crippen molar-refractivity contribution < 1.29 is 0 Å². The fraction of sp³-hybridized carbons (Fsp3) is 0.412. The number of nitrogens with zero attached hydrogens (tertiary/aromatic N) is 3. The highest BCUT2D eigenvalue weighted by atomic mass is 127. The Morgan fingerprint density at radius 2 is 2.12 bits per heavy atom. The van der Waals surface area contributed by atoms with Crippen molar-refractivity contribution in [2.75, 3.05) is 32.6 Å². The van der Waals surface area contributed by atoms with Crippen LogP contribution in [0.5, 0.6) is 0 Å². The number of pyridine rings is 1. The van der Waals surface area contributed by atoms with Crippen molar-refractivity contribution in [2.24, 2.45) is 4.99 Å². The minimum Gasteiger partial charge on any atom is -0.362 e. The van der Waals surface area contributed by atoms with Crippen LogP contribution in [0.1, 0.15) is 24.0 Å². The molecular weight excluding hydrogens is 433 g/mol. The second kappa shape index (κ2) is 10.5. The molecule has 2 heterocycles. The normalized spacial score (nSPS) is 12.2. The summed E-state index contributed by atoms with van der Waals surface area (Å²) in [6.07, 6.45) is 1.81. The van der Waals surface area contributed by atoms with Crippen molar-refractivity contribution in [3.63, 3.8) is 0 Å². The lowest BCUT2D eigenvalue weighted by Crippen LogP contribution is -2.38. The monoisotopic (exact) mass is 459 g/mol. The predicted octanol–water partition coefficient (Wildman–Crippen LogP) is 3.30. The number of thiophene rings is 1. The zero-order chi connectivity index (χ0) is 16.7. The van der Waals surface area contributed by atoms with E-state index < -0.39 is 0 Å². The molecule has 132 valence electrons. The number of anilines is 1. The molecule has 0 saturated carbocycles. The molecule has 5 nitrogen and oxygen atoms in total. The van der Waals surface area contributed by atoms with Gasteiger partial charge in [0.05, 0.1) is 0 Å². The maximum Gasteiger partial charge on any atom is 0.191 e. The Bertz CT molecular complexity index is 628. The summed E-state index contributed by atoms with van der Waals surface area (Å²) < 4.78 is 0. The van der Waals surface area contributed by atoms with E-state index in [-0.39, 0.29) is 24.0 Å². The van der Waals surface area contributed by atoms with Gasteiger partial charge < -0.3 is 15.5 Å². The quantitative estimate of drug-likeness (QED) is 0.396. The summed E-state index contributed by atoms with van der Waals surface area (Å²) in [4.78, 5) is 10.7. The first-order valence-corrected chi connectivity index (χ1v) is 8.64. The van der Waals surface area contributed by atoms with Crippen LogP contribution in [0.2, 0.25) is 0 Å². The molecule has 1 unspecified atom stereocenters. The van der Waals surface area contributed by atoms with Gasteiger partial charge >= 0.3 is 0 Å². The molecule has 2 N–H and O–H groups in total. The molecule has 1 atom stereocenters. The van der Waals surface area contributed by atoms with E-state index in [4.69, 9.17) is 0 Å². The highest BCUT2D eigenvalue weighted by Crippen LogP contribution is 2.17. The Labute approximate surface area is 165 Å². The van der Waals surface area contributed by atoms with E-state index in [1.807, 2.05) is 31.3 Å². The molecular formula is C17H26IN5S. The second-order valence-corrected chi connectivity index (χ2v) is 6.42. The van der Waals surface area contributed by atoms with Crippen LogP contribution in [0.4, 0.5) is 5.82 Å². The van der Waals surface area contributed by atoms with Gasteiger partial charge in [0.2, 0.25) is 0 Å². The van der Waals surface area contributed by atoms with E-state index in [1.165, 1.54) is 5.56 Å². The van der Waals surface area contributed by atoms with Crippen LogP contribution in [0.25, 0.3) is 0 Å². The van der Waals surface area contributed by atoms with Crippen LogP contribution in [0.3, 0.4) is 0 Å². The summed E-state index contributed by atoms with van der Waals surface area (Å²) in [7, 11) is 5.80. The number of halogens is 1. The molecule has 0 spiro atoms. The van der Waals surface area contributed by atoms with Gasteiger partial charge in [-0.2, -0.15) is 11.3 Å². The van der Waals surface area contributed by atoms with Crippen molar-refractivity contribution >= 4 is 47.1 Å². The minimum absolute atomic E-state index is 0. The molecule has 24 heavy (non-hydrogen) atoms. The van der Waals surface area contributed by atoms with Gasteiger partial charge in [0.1, 0.15) is 5.82 Å².